The van der Waals surface area contributed by atoms with Crippen LogP contribution in [-0.2, 0) is 5.41 Å². The fourth-order valence-corrected chi connectivity index (χ4v) is 2.51. The van der Waals surface area contributed by atoms with Crippen LogP contribution in [-0.4, -0.2) is 11.1 Å². The molecule has 1 aromatic carbocycles. The molecule has 0 saturated heterocycles. The Labute approximate surface area is 94.3 Å². The second-order valence-electron chi connectivity index (χ2n) is 4.25. The Bertz CT molecular complexity index is 453. The molecule has 1 N–H and O–H groups in total. The van der Waals surface area contributed by atoms with E-state index in [1.807, 2.05) is 0 Å². The molecule has 0 unspecified atom stereocenters. The number of nitriles is 1. The van der Waals surface area contributed by atoms with Crippen LogP contribution < -0.4 is 0 Å². The summed E-state index contributed by atoms with van der Waals surface area (Å²) in [4.78, 5) is 11.1. The number of carbonyl (C=O) groups is 1. The molecule has 1 saturated carbocycles. The highest BCUT2D eigenvalue weighted by Gasteiger charge is 2.38. The van der Waals surface area contributed by atoms with Crippen LogP contribution in [0.25, 0.3) is 0 Å². The summed E-state index contributed by atoms with van der Waals surface area (Å²) in [6.45, 7) is 0. The fourth-order valence-electron chi connectivity index (χ4n) is 2.51. The van der Waals surface area contributed by atoms with Crippen LogP contribution in [0, 0.1) is 11.3 Å². The molecule has 0 aromatic heterocycles. The van der Waals surface area contributed by atoms with E-state index < -0.39 is 11.4 Å². The number of carboxylic acid groups (broad SMARTS) is 1. The van der Waals surface area contributed by atoms with Crippen molar-refractivity contribution in [1.82, 2.24) is 0 Å². The quantitative estimate of drug-likeness (QED) is 0.825. The highest BCUT2D eigenvalue weighted by molar-refractivity contribution is 5.90. The SMILES string of the molecule is N#CC1(c2ccccc2C(=O)O)CCCC1. The number of hydrogen-bond acceptors (Lipinski definition) is 2. The zero-order valence-electron chi connectivity index (χ0n) is 8.94. The molecule has 1 fully saturated rings. The molecule has 1 aromatic rings. The summed E-state index contributed by atoms with van der Waals surface area (Å²) < 4.78 is 0. The summed E-state index contributed by atoms with van der Waals surface area (Å²) in [6, 6.07) is 9.19. The Hall–Kier alpha value is -1.82. The molecule has 0 aliphatic heterocycles. The van der Waals surface area contributed by atoms with Crippen molar-refractivity contribution < 1.29 is 9.90 Å². The minimum atomic E-state index is -0.947. The molecule has 0 radical (unpaired) electrons. The first-order valence-corrected chi connectivity index (χ1v) is 5.44. The summed E-state index contributed by atoms with van der Waals surface area (Å²) in [5.41, 5.74) is 0.378. The van der Waals surface area contributed by atoms with E-state index in [2.05, 4.69) is 6.07 Å². The molecule has 16 heavy (non-hydrogen) atoms. The van der Waals surface area contributed by atoms with Crippen molar-refractivity contribution in [2.75, 3.05) is 0 Å². The number of hydrogen-bond donors (Lipinski definition) is 1. The van der Waals surface area contributed by atoms with E-state index >= 15 is 0 Å². The molecule has 0 heterocycles. The molecule has 0 spiro atoms. The van der Waals surface area contributed by atoms with Gasteiger partial charge < -0.3 is 5.11 Å². The van der Waals surface area contributed by atoms with Crippen LogP contribution in [0.15, 0.2) is 24.3 Å². The van der Waals surface area contributed by atoms with Gasteiger partial charge in [-0.2, -0.15) is 5.26 Å². The molecule has 0 atom stereocenters. The van der Waals surface area contributed by atoms with E-state index in [0.717, 1.165) is 25.7 Å². The van der Waals surface area contributed by atoms with Gasteiger partial charge >= 0.3 is 5.97 Å². The zero-order valence-corrected chi connectivity index (χ0v) is 8.94. The van der Waals surface area contributed by atoms with Crippen LogP contribution in [0.1, 0.15) is 41.6 Å². The maximum Gasteiger partial charge on any atom is 0.336 e. The molecule has 3 heteroatoms. The molecular weight excluding hydrogens is 202 g/mol. The van der Waals surface area contributed by atoms with Gasteiger partial charge in [0.15, 0.2) is 0 Å². The maximum atomic E-state index is 11.1. The Balaban J connectivity index is 2.55. The van der Waals surface area contributed by atoms with Crippen LogP contribution in [0.3, 0.4) is 0 Å². The average molecular weight is 215 g/mol. The molecule has 82 valence electrons. The minimum Gasteiger partial charge on any atom is -0.478 e. The normalized spacial score (nSPS) is 17.9. The average Bonchev–Trinajstić information content (AvgIpc) is 2.78. The van der Waals surface area contributed by atoms with Gasteiger partial charge in [-0.3, -0.25) is 0 Å². The standard InChI is InChI=1S/C13H13NO2/c14-9-13(7-3-4-8-13)11-6-2-1-5-10(11)12(15)16/h1-2,5-6H,3-4,7-8H2,(H,15,16). The van der Waals surface area contributed by atoms with Crippen molar-refractivity contribution >= 4 is 5.97 Å². The lowest BCUT2D eigenvalue weighted by Crippen LogP contribution is -2.22. The highest BCUT2D eigenvalue weighted by atomic mass is 16.4. The summed E-state index contributed by atoms with van der Waals surface area (Å²) >= 11 is 0. The van der Waals surface area contributed by atoms with Crippen LogP contribution >= 0.6 is 0 Å². The van der Waals surface area contributed by atoms with Gasteiger partial charge in [0, 0.05) is 0 Å². The van der Waals surface area contributed by atoms with E-state index in [-0.39, 0.29) is 5.56 Å². The number of aromatic carboxylic acids is 1. The molecule has 2 rings (SSSR count). The lowest BCUT2D eigenvalue weighted by atomic mass is 9.78. The number of rotatable bonds is 2. The van der Waals surface area contributed by atoms with Crippen molar-refractivity contribution in [3.05, 3.63) is 35.4 Å². The second-order valence-corrected chi connectivity index (χ2v) is 4.25. The number of benzene rings is 1. The van der Waals surface area contributed by atoms with Crippen molar-refractivity contribution in [2.45, 2.75) is 31.1 Å². The van der Waals surface area contributed by atoms with Crippen LogP contribution in [0.4, 0.5) is 0 Å². The maximum absolute atomic E-state index is 11.1. The van der Waals surface area contributed by atoms with Gasteiger partial charge in [-0.15, -0.1) is 0 Å². The van der Waals surface area contributed by atoms with Gasteiger partial charge in [-0.1, -0.05) is 31.0 Å². The summed E-state index contributed by atoms with van der Waals surface area (Å²) in [6.07, 6.45) is 3.55. The van der Waals surface area contributed by atoms with Gasteiger partial charge in [0.2, 0.25) is 0 Å². The van der Waals surface area contributed by atoms with Crippen molar-refractivity contribution in [3.63, 3.8) is 0 Å². The predicted molar refractivity (Wildman–Crippen MR) is 59.2 cm³/mol. The van der Waals surface area contributed by atoms with Crippen molar-refractivity contribution in [1.29, 1.82) is 5.26 Å². The smallest absolute Gasteiger partial charge is 0.336 e. The number of nitrogens with zero attached hydrogens (tertiary/aromatic N) is 1. The third-order valence-corrected chi connectivity index (χ3v) is 3.34. The predicted octanol–water partition coefficient (Wildman–Crippen LogP) is 2.72. The van der Waals surface area contributed by atoms with E-state index in [9.17, 15) is 10.1 Å². The van der Waals surface area contributed by atoms with Crippen LogP contribution in [0.2, 0.25) is 0 Å². The number of carboxylic acids is 1. The monoisotopic (exact) mass is 215 g/mol. The van der Waals surface area contributed by atoms with Gasteiger partial charge in [0.05, 0.1) is 17.0 Å². The van der Waals surface area contributed by atoms with Gasteiger partial charge in [-0.25, -0.2) is 4.79 Å². The topological polar surface area (TPSA) is 61.1 Å². The Kier molecular flexibility index (Phi) is 2.66. The molecule has 0 bridgehead atoms. The summed E-state index contributed by atoms with van der Waals surface area (Å²) in [5, 5.41) is 18.5. The first kappa shape index (κ1) is 10.7. The molecule has 1 aliphatic rings. The summed E-state index contributed by atoms with van der Waals surface area (Å²) in [7, 11) is 0. The second kappa shape index (κ2) is 3.97. The summed E-state index contributed by atoms with van der Waals surface area (Å²) in [5.74, 6) is -0.947. The first-order valence-electron chi connectivity index (χ1n) is 5.44. The van der Waals surface area contributed by atoms with E-state index in [1.54, 1.807) is 24.3 Å². The van der Waals surface area contributed by atoms with Gasteiger partial charge in [-0.05, 0) is 24.5 Å². The zero-order chi connectivity index (χ0) is 11.6. The van der Waals surface area contributed by atoms with E-state index in [4.69, 9.17) is 5.11 Å². The first-order chi connectivity index (χ1) is 7.69. The van der Waals surface area contributed by atoms with Crippen LogP contribution in [0.5, 0.6) is 0 Å². The molecule has 0 amide bonds. The fraction of sp³-hybridized carbons (Fsp3) is 0.385. The Morgan fingerprint density at radius 3 is 2.50 bits per heavy atom. The van der Waals surface area contributed by atoms with E-state index in [1.165, 1.54) is 0 Å². The molecule has 1 aliphatic carbocycles. The third-order valence-electron chi connectivity index (χ3n) is 3.34. The molecular formula is C13H13NO2. The van der Waals surface area contributed by atoms with Crippen molar-refractivity contribution in [3.8, 4) is 6.07 Å². The van der Waals surface area contributed by atoms with Gasteiger partial charge in [0.1, 0.15) is 0 Å². The Morgan fingerprint density at radius 1 is 1.31 bits per heavy atom. The lowest BCUT2D eigenvalue weighted by Gasteiger charge is -2.22. The minimum absolute atomic E-state index is 0.269. The van der Waals surface area contributed by atoms with Crippen molar-refractivity contribution in [2.24, 2.45) is 0 Å². The molecule has 3 nitrogen and oxygen atoms in total. The van der Waals surface area contributed by atoms with E-state index in [0.29, 0.717) is 5.56 Å². The Morgan fingerprint density at radius 2 is 1.94 bits per heavy atom. The van der Waals surface area contributed by atoms with Gasteiger partial charge in [0.25, 0.3) is 0 Å². The third kappa shape index (κ3) is 1.57. The highest BCUT2D eigenvalue weighted by Crippen LogP contribution is 2.41. The largest absolute Gasteiger partial charge is 0.478 e. The lowest BCUT2D eigenvalue weighted by molar-refractivity contribution is 0.0694.